The van der Waals surface area contributed by atoms with Gasteiger partial charge < -0.3 is 9.84 Å². The van der Waals surface area contributed by atoms with Crippen LogP contribution in [0.2, 0.25) is 0 Å². The smallest absolute Gasteiger partial charge is 0.419 e. The van der Waals surface area contributed by atoms with Crippen LogP contribution in [0.1, 0.15) is 27.0 Å². The number of hydrogen-bond donors (Lipinski definition) is 1. The molecule has 0 heterocycles. The van der Waals surface area contributed by atoms with Crippen molar-refractivity contribution < 1.29 is 27.8 Å². The van der Waals surface area contributed by atoms with Gasteiger partial charge in [0, 0.05) is 5.56 Å². The topological polar surface area (TPSA) is 46.5 Å². The zero-order valence-corrected chi connectivity index (χ0v) is 11.6. The van der Waals surface area contributed by atoms with E-state index in [0.29, 0.717) is 11.1 Å². The van der Waals surface area contributed by atoms with Crippen LogP contribution in [0.15, 0.2) is 42.5 Å². The number of halogens is 3. The van der Waals surface area contributed by atoms with Crippen molar-refractivity contribution in [2.45, 2.75) is 19.7 Å². The second-order valence-electron chi connectivity index (χ2n) is 4.75. The number of hydrogen-bond acceptors (Lipinski definition) is 2. The van der Waals surface area contributed by atoms with E-state index >= 15 is 0 Å². The first-order valence-corrected chi connectivity index (χ1v) is 6.41. The van der Waals surface area contributed by atoms with E-state index in [2.05, 4.69) is 0 Å². The van der Waals surface area contributed by atoms with Crippen LogP contribution in [-0.2, 0) is 12.8 Å². The summed E-state index contributed by atoms with van der Waals surface area (Å²) >= 11 is 0. The summed E-state index contributed by atoms with van der Waals surface area (Å²) in [6.07, 6.45) is -4.53. The summed E-state index contributed by atoms with van der Waals surface area (Å²) in [5.41, 5.74) is -0.0993. The molecule has 2 aromatic carbocycles. The highest BCUT2D eigenvalue weighted by Gasteiger charge is 2.34. The van der Waals surface area contributed by atoms with E-state index in [1.165, 1.54) is 24.3 Å². The van der Waals surface area contributed by atoms with Crippen LogP contribution >= 0.6 is 0 Å². The van der Waals surface area contributed by atoms with E-state index in [4.69, 9.17) is 9.84 Å². The summed E-state index contributed by atoms with van der Waals surface area (Å²) in [6, 6.07) is 9.77. The van der Waals surface area contributed by atoms with Gasteiger partial charge in [-0.05, 0) is 25.1 Å². The van der Waals surface area contributed by atoms with Gasteiger partial charge in [0.25, 0.3) is 0 Å². The Labute approximate surface area is 125 Å². The van der Waals surface area contributed by atoms with Crippen molar-refractivity contribution in [2.24, 2.45) is 0 Å². The van der Waals surface area contributed by atoms with Crippen molar-refractivity contribution in [3.8, 4) is 5.75 Å². The van der Waals surface area contributed by atoms with Crippen LogP contribution in [0.25, 0.3) is 0 Å². The van der Waals surface area contributed by atoms with Crippen LogP contribution in [-0.4, -0.2) is 11.1 Å². The van der Waals surface area contributed by atoms with Gasteiger partial charge in [0.1, 0.15) is 12.4 Å². The molecule has 0 amide bonds. The molecule has 116 valence electrons. The number of rotatable bonds is 4. The number of alkyl halides is 3. The van der Waals surface area contributed by atoms with E-state index in [-0.39, 0.29) is 17.9 Å². The molecular weight excluding hydrogens is 297 g/mol. The van der Waals surface area contributed by atoms with E-state index in [9.17, 15) is 18.0 Å². The predicted octanol–water partition coefficient (Wildman–Crippen LogP) is 4.29. The van der Waals surface area contributed by atoms with Crippen LogP contribution < -0.4 is 4.74 Å². The molecule has 22 heavy (non-hydrogen) atoms. The Morgan fingerprint density at radius 1 is 1.18 bits per heavy atom. The molecule has 0 aromatic heterocycles. The molecule has 3 nitrogen and oxygen atoms in total. The minimum Gasteiger partial charge on any atom is -0.488 e. The Morgan fingerprint density at radius 3 is 2.50 bits per heavy atom. The van der Waals surface area contributed by atoms with Crippen LogP contribution in [0, 0.1) is 6.92 Å². The lowest BCUT2D eigenvalue weighted by Gasteiger charge is -2.15. The zero-order chi connectivity index (χ0) is 16.3. The second-order valence-corrected chi connectivity index (χ2v) is 4.75. The van der Waals surface area contributed by atoms with Gasteiger partial charge in [-0.15, -0.1) is 0 Å². The van der Waals surface area contributed by atoms with Gasteiger partial charge in [-0.25, -0.2) is 4.79 Å². The van der Waals surface area contributed by atoms with Crippen molar-refractivity contribution >= 4 is 5.97 Å². The summed E-state index contributed by atoms with van der Waals surface area (Å²) in [5.74, 6) is -1.47. The molecule has 2 rings (SSSR count). The second kappa shape index (κ2) is 6.09. The number of benzene rings is 2. The Kier molecular flexibility index (Phi) is 4.40. The summed E-state index contributed by atoms with van der Waals surface area (Å²) in [4.78, 5) is 11.1. The van der Waals surface area contributed by atoms with Crippen molar-refractivity contribution in [2.75, 3.05) is 0 Å². The number of aryl methyl sites for hydroxylation is 1. The maximum Gasteiger partial charge on any atom is 0.419 e. The first kappa shape index (κ1) is 15.9. The Bertz CT molecular complexity index is 693. The Hall–Kier alpha value is -2.50. The van der Waals surface area contributed by atoms with Crippen molar-refractivity contribution in [1.82, 2.24) is 0 Å². The highest BCUT2D eigenvalue weighted by Crippen LogP contribution is 2.37. The average Bonchev–Trinajstić information content (AvgIpc) is 2.45. The number of carbonyl (C=O) groups is 1. The van der Waals surface area contributed by atoms with Gasteiger partial charge in [-0.1, -0.05) is 29.8 Å². The summed E-state index contributed by atoms with van der Waals surface area (Å²) in [6.45, 7) is 1.30. The first-order valence-electron chi connectivity index (χ1n) is 6.41. The monoisotopic (exact) mass is 310 g/mol. The molecule has 0 aliphatic heterocycles. The molecule has 0 aliphatic carbocycles. The highest BCUT2D eigenvalue weighted by atomic mass is 19.4. The third kappa shape index (κ3) is 3.58. The van der Waals surface area contributed by atoms with Crippen LogP contribution in [0.5, 0.6) is 5.75 Å². The third-order valence-electron chi connectivity index (χ3n) is 3.07. The van der Waals surface area contributed by atoms with Crippen LogP contribution in [0.3, 0.4) is 0 Å². The molecule has 1 N–H and O–H groups in total. The first-order chi connectivity index (χ1) is 10.3. The lowest BCUT2D eigenvalue weighted by molar-refractivity contribution is -0.139. The molecular formula is C16H13F3O3. The van der Waals surface area contributed by atoms with Gasteiger partial charge in [0.15, 0.2) is 0 Å². The van der Waals surface area contributed by atoms with Crippen molar-refractivity contribution in [3.05, 3.63) is 64.7 Å². The number of aromatic carboxylic acids is 1. The SMILES string of the molecule is Cc1ccc(OCc2ccccc2C(=O)O)c(C(F)(F)F)c1. The Morgan fingerprint density at radius 2 is 1.86 bits per heavy atom. The Balaban J connectivity index is 2.28. The lowest BCUT2D eigenvalue weighted by atomic mass is 10.1. The van der Waals surface area contributed by atoms with E-state index < -0.39 is 17.7 Å². The summed E-state index contributed by atoms with van der Waals surface area (Å²) < 4.78 is 44.2. The highest BCUT2D eigenvalue weighted by molar-refractivity contribution is 5.89. The van der Waals surface area contributed by atoms with Gasteiger partial charge in [0.05, 0.1) is 11.1 Å². The molecule has 2 aromatic rings. The van der Waals surface area contributed by atoms with Gasteiger partial charge >= 0.3 is 12.1 Å². The standard InChI is InChI=1S/C16H13F3O3/c1-10-6-7-14(13(8-10)16(17,18)19)22-9-11-4-2-3-5-12(11)15(20)21/h2-8H,9H2,1H3,(H,20,21). The number of carboxylic acid groups (broad SMARTS) is 1. The lowest BCUT2D eigenvalue weighted by Crippen LogP contribution is -2.10. The number of ether oxygens (including phenoxy) is 1. The minimum atomic E-state index is -4.53. The largest absolute Gasteiger partial charge is 0.488 e. The van der Waals surface area contributed by atoms with E-state index in [1.807, 2.05) is 0 Å². The molecule has 0 bridgehead atoms. The summed E-state index contributed by atoms with van der Waals surface area (Å²) in [5, 5.41) is 9.05. The molecule has 0 radical (unpaired) electrons. The number of carboxylic acids is 1. The quantitative estimate of drug-likeness (QED) is 0.916. The van der Waals surface area contributed by atoms with E-state index in [0.717, 1.165) is 6.07 Å². The van der Waals surface area contributed by atoms with Gasteiger partial charge in [-0.2, -0.15) is 13.2 Å². The molecule has 0 saturated carbocycles. The van der Waals surface area contributed by atoms with E-state index in [1.54, 1.807) is 19.1 Å². The fraction of sp³-hybridized carbons (Fsp3) is 0.188. The normalized spacial score (nSPS) is 11.3. The fourth-order valence-electron chi connectivity index (χ4n) is 2.00. The molecule has 0 atom stereocenters. The zero-order valence-electron chi connectivity index (χ0n) is 11.6. The minimum absolute atomic E-state index is 0.00294. The van der Waals surface area contributed by atoms with Crippen molar-refractivity contribution in [3.63, 3.8) is 0 Å². The fourth-order valence-corrected chi connectivity index (χ4v) is 2.00. The maximum atomic E-state index is 13.0. The predicted molar refractivity (Wildman–Crippen MR) is 73.9 cm³/mol. The summed E-state index contributed by atoms with van der Waals surface area (Å²) in [7, 11) is 0. The van der Waals surface area contributed by atoms with Crippen molar-refractivity contribution in [1.29, 1.82) is 0 Å². The maximum absolute atomic E-state index is 13.0. The molecule has 0 spiro atoms. The van der Waals surface area contributed by atoms with Gasteiger partial charge in [0.2, 0.25) is 0 Å². The molecule has 0 unspecified atom stereocenters. The molecule has 0 fully saturated rings. The van der Waals surface area contributed by atoms with Gasteiger partial charge in [-0.3, -0.25) is 0 Å². The third-order valence-corrected chi connectivity index (χ3v) is 3.07. The molecule has 0 aliphatic rings. The van der Waals surface area contributed by atoms with Crippen LogP contribution in [0.4, 0.5) is 13.2 Å². The average molecular weight is 310 g/mol. The molecule has 0 saturated heterocycles. The molecule has 6 heteroatoms.